The van der Waals surface area contributed by atoms with Gasteiger partial charge in [0.05, 0.1) is 12.6 Å². The van der Waals surface area contributed by atoms with Gasteiger partial charge in [0.1, 0.15) is 0 Å². The molecule has 0 aromatic heterocycles. The maximum Gasteiger partial charge on any atom is 0.303 e. The molecule has 0 aliphatic heterocycles. The highest BCUT2D eigenvalue weighted by atomic mass is 16.4. The second-order valence-corrected chi connectivity index (χ2v) is 7.84. The van der Waals surface area contributed by atoms with Crippen molar-refractivity contribution in [2.45, 2.75) is 71.8 Å². The van der Waals surface area contributed by atoms with Crippen molar-refractivity contribution >= 4 is 24.1 Å². The van der Waals surface area contributed by atoms with Crippen LogP contribution in [0.4, 0.5) is 0 Å². The molecule has 0 aromatic rings. The molecule has 0 amide bonds. The van der Waals surface area contributed by atoms with Crippen LogP contribution in [0.1, 0.15) is 65.7 Å². The molecule has 0 bridgehead atoms. The number of carbonyl (C=O) groups is 2. The fourth-order valence-corrected chi connectivity index (χ4v) is 3.64. The van der Waals surface area contributed by atoms with Crippen LogP contribution in [0.15, 0.2) is 9.98 Å². The number of carboxylic acid groups (broad SMARTS) is 2. The predicted molar refractivity (Wildman–Crippen MR) is 94.4 cm³/mol. The van der Waals surface area contributed by atoms with Crippen molar-refractivity contribution in [1.29, 1.82) is 0 Å². The molecule has 1 rings (SSSR count). The minimum atomic E-state index is -0.870. The number of unbranched alkanes of at least 4 members (excludes halogenated alkanes) is 1. The summed E-state index contributed by atoms with van der Waals surface area (Å²) in [5.41, 5.74) is 0.0561. The maximum atomic E-state index is 10.3. The zero-order valence-corrected chi connectivity index (χ0v) is 15.7. The Balaban J connectivity index is 0.000000541. The number of rotatable bonds is 8. The molecule has 2 N–H and O–H groups in total. The van der Waals surface area contributed by atoms with Gasteiger partial charge < -0.3 is 10.2 Å². The van der Waals surface area contributed by atoms with E-state index in [9.17, 15) is 19.2 Å². The van der Waals surface area contributed by atoms with Crippen molar-refractivity contribution in [3.05, 3.63) is 0 Å². The number of nitrogens with zero attached hydrogens (tertiary/aromatic N) is 2. The first-order chi connectivity index (χ1) is 12.0. The lowest BCUT2D eigenvalue weighted by atomic mass is 9.63. The van der Waals surface area contributed by atoms with E-state index in [2.05, 4.69) is 30.8 Å². The lowest BCUT2D eigenvalue weighted by Gasteiger charge is -2.44. The predicted octanol–water partition coefficient (Wildman–Crippen LogP) is 2.96. The monoisotopic (exact) mass is 368 g/mol. The lowest BCUT2D eigenvalue weighted by Crippen LogP contribution is -2.39. The Hall–Kier alpha value is -2.30. The fraction of sp³-hybridized carbons (Fsp3) is 0.778. The molecule has 0 spiro atoms. The third-order valence-corrected chi connectivity index (χ3v) is 4.21. The molecule has 0 saturated heterocycles. The van der Waals surface area contributed by atoms with Crippen molar-refractivity contribution in [2.75, 3.05) is 6.54 Å². The minimum absolute atomic E-state index is 0.00750. The maximum absolute atomic E-state index is 10.3. The summed E-state index contributed by atoms with van der Waals surface area (Å²) < 4.78 is 0. The van der Waals surface area contributed by atoms with Crippen LogP contribution in [-0.2, 0) is 19.2 Å². The number of aliphatic imine (C=N–C) groups is 2. The van der Waals surface area contributed by atoms with E-state index in [1.807, 2.05) is 0 Å². The van der Waals surface area contributed by atoms with Gasteiger partial charge in [-0.1, -0.05) is 20.8 Å². The van der Waals surface area contributed by atoms with E-state index in [1.165, 1.54) is 0 Å². The molecule has 0 radical (unpaired) electrons. The summed E-state index contributed by atoms with van der Waals surface area (Å²) in [6.45, 7) is 6.86. The molecule has 2 atom stereocenters. The van der Waals surface area contributed by atoms with Gasteiger partial charge in [0.2, 0.25) is 12.2 Å². The zero-order chi connectivity index (χ0) is 20.2. The first kappa shape index (κ1) is 23.7. The third-order valence-electron chi connectivity index (χ3n) is 4.21. The van der Waals surface area contributed by atoms with E-state index >= 15 is 0 Å². The molecular weight excluding hydrogens is 340 g/mol. The van der Waals surface area contributed by atoms with Crippen molar-refractivity contribution in [3.8, 4) is 0 Å². The van der Waals surface area contributed by atoms with E-state index < -0.39 is 11.9 Å². The van der Waals surface area contributed by atoms with Crippen molar-refractivity contribution in [1.82, 2.24) is 0 Å². The summed E-state index contributed by atoms with van der Waals surface area (Å²) in [6, 6.07) is 0.00750. The van der Waals surface area contributed by atoms with Gasteiger partial charge in [-0.3, -0.25) is 9.59 Å². The van der Waals surface area contributed by atoms with Gasteiger partial charge in [-0.2, -0.15) is 0 Å². The van der Waals surface area contributed by atoms with Crippen LogP contribution in [0.5, 0.6) is 0 Å². The summed E-state index contributed by atoms with van der Waals surface area (Å²) in [6.07, 6.45) is 6.90. The standard InChI is InChI=1S/C12H18N2O2.C6H10O4/c1-11(2)4-10(14-9-16)5-12(3,6-11)7-13-8-15;7-5(8)3-1-2-4-6(9)10/h10H,4-7H2,1-3H3;1-4H2,(H,7,8)(H,9,10). The summed E-state index contributed by atoms with van der Waals surface area (Å²) >= 11 is 0. The van der Waals surface area contributed by atoms with Crippen LogP contribution in [0.25, 0.3) is 0 Å². The molecule has 0 aromatic carbocycles. The fourth-order valence-electron chi connectivity index (χ4n) is 3.64. The second-order valence-electron chi connectivity index (χ2n) is 7.84. The highest BCUT2D eigenvalue weighted by Gasteiger charge is 2.41. The molecule has 1 aliphatic rings. The quantitative estimate of drug-likeness (QED) is 0.384. The van der Waals surface area contributed by atoms with Crippen LogP contribution >= 0.6 is 0 Å². The molecule has 26 heavy (non-hydrogen) atoms. The first-order valence-corrected chi connectivity index (χ1v) is 8.58. The Morgan fingerprint density at radius 2 is 1.54 bits per heavy atom. The van der Waals surface area contributed by atoms with Crippen LogP contribution in [0.2, 0.25) is 0 Å². The Kier molecular flexibility index (Phi) is 10.3. The van der Waals surface area contributed by atoms with Gasteiger partial charge in [0, 0.05) is 12.8 Å². The van der Waals surface area contributed by atoms with Gasteiger partial charge in [0.15, 0.2) is 0 Å². The van der Waals surface area contributed by atoms with Crippen LogP contribution < -0.4 is 0 Å². The van der Waals surface area contributed by atoms with E-state index in [1.54, 1.807) is 12.2 Å². The summed E-state index contributed by atoms with van der Waals surface area (Å²) in [4.78, 5) is 47.8. The number of hydrogen-bond acceptors (Lipinski definition) is 6. The normalized spacial score (nSPS) is 23.4. The number of hydrogen-bond donors (Lipinski definition) is 2. The molecular formula is C18H28N2O6. The average molecular weight is 368 g/mol. The van der Waals surface area contributed by atoms with Gasteiger partial charge in [-0.25, -0.2) is 19.6 Å². The Bertz CT molecular complexity index is 560. The molecule has 1 fully saturated rings. The molecule has 1 aliphatic carbocycles. The van der Waals surface area contributed by atoms with E-state index in [-0.39, 0.29) is 29.7 Å². The largest absolute Gasteiger partial charge is 0.481 e. The van der Waals surface area contributed by atoms with Gasteiger partial charge in [-0.15, -0.1) is 0 Å². The molecule has 2 unspecified atom stereocenters. The van der Waals surface area contributed by atoms with E-state index in [0.29, 0.717) is 19.4 Å². The summed E-state index contributed by atoms with van der Waals surface area (Å²) in [5, 5.41) is 16.3. The molecule has 146 valence electrons. The van der Waals surface area contributed by atoms with Crippen LogP contribution in [-0.4, -0.2) is 46.9 Å². The average Bonchev–Trinajstić information content (AvgIpc) is 2.48. The number of carboxylic acids is 2. The van der Waals surface area contributed by atoms with Gasteiger partial charge in [0.25, 0.3) is 0 Å². The summed E-state index contributed by atoms with van der Waals surface area (Å²) in [7, 11) is 0. The van der Waals surface area contributed by atoms with E-state index in [0.717, 1.165) is 19.3 Å². The smallest absolute Gasteiger partial charge is 0.303 e. The number of carbonyl (C=O) groups excluding carboxylic acids is 2. The van der Waals surface area contributed by atoms with Gasteiger partial charge >= 0.3 is 11.9 Å². The molecule has 0 heterocycles. The van der Waals surface area contributed by atoms with Crippen molar-refractivity contribution in [2.24, 2.45) is 20.8 Å². The summed E-state index contributed by atoms with van der Waals surface area (Å²) in [5.74, 6) is -1.74. The minimum Gasteiger partial charge on any atom is -0.481 e. The SMILES string of the molecule is CC1(C)CC(N=C=O)CC(C)(CN=C=O)C1.O=C(O)CCCCC(=O)O. The molecule has 1 saturated carbocycles. The Morgan fingerprint density at radius 1 is 1.00 bits per heavy atom. The Morgan fingerprint density at radius 3 is 1.96 bits per heavy atom. The molecule has 8 heteroatoms. The first-order valence-electron chi connectivity index (χ1n) is 8.58. The highest BCUT2D eigenvalue weighted by Crippen LogP contribution is 2.47. The number of isocyanates is 2. The van der Waals surface area contributed by atoms with Crippen molar-refractivity contribution < 1.29 is 29.4 Å². The van der Waals surface area contributed by atoms with E-state index in [4.69, 9.17) is 10.2 Å². The zero-order valence-electron chi connectivity index (χ0n) is 15.7. The number of aliphatic carboxylic acids is 2. The van der Waals surface area contributed by atoms with Crippen molar-refractivity contribution in [3.63, 3.8) is 0 Å². The lowest BCUT2D eigenvalue weighted by molar-refractivity contribution is -0.139. The van der Waals surface area contributed by atoms with Gasteiger partial charge in [-0.05, 0) is 42.9 Å². The topological polar surface area (TPSA) is 133 Å². The van der Waals surface area contributed by atoms with Crippen LogP contribution in [0.3, 0.4) is 0 Å². The highest BCUT2D eigenvalue weighted by molar-refractivity contribution is 5.67. The Labute approximate surface area is 153 Å². The van der Waals surface area contributed by atoms with Crippen LogP contribution in [0, 0.1) is 10.8 Å². The second kappa shape index (κ2) is 11.3. The third kappa shape index (κ3) is 11.3. The molecule has 8 nitrogen and oxygen atoms in total.